The molecule has 0 radical (unpaired) electrons. The van der Waals surface area contributed by atoms with Crippen LogP contribution in [-0.4, -0.2) is 66.9 Å². The summed E-state index contributed by atoms with van der Waals surface area (Å²) in [6, 6.07) is 17.1. The molecule has 1 aliphatic rings. The molecule has 1 N–H and O–H groups in total. The second-order valence-electron chi connectivity index (χ2n) is 8.91. The van der Waals surface area contributed by atoms with Crippen molar-refractivity contribution < 1.29 is 9.47 Å². The highest BCUT2D eigenvalue weighted by molar-refractivity contribution is 5.76. The number of benzene rings is 2. The Morgan fingerprint density at radius 3 is 2.28 bits per heavy atom. The van der Waals surface area contributed by atoms with E-state index in [1.807, 2.05) is 24.3 Å². The molecule has 0 saturated carbocycles. The molecule has 9 heteroatoms. The van der Waals surface area contributed by atoms with E-state index in [-0.39, 0.29) is 5.56 Å². The van der Waals surface area contributed by atoms with Crippen molar-refractivity contribution in [2.75, 3.05) is 57.7 Å². The van der Waals surface area contributed by atoms with Gasteiger partial charge in [-0.15, -0.1) is 0 Å². The number of fused-ring (bicyclic) bond motifs is 1. The Kier molecular flexibility index (Phi) is 6.73. The van der Waals surface area contributed by atoms with Gasteiger partial charge < -0.3 is 24.6 Å². The zero-order valence-corrected chi connectivity index (χ0v) is 20.8. The molecular weight excluding hydrogens is 456 g/mol. The molecule has 36 heavy (non-hydrogen) atoms. The molecule has 0 bridgehead atoms. The number of nitrogens with zero attached hydrogens (tertiary/aromatic N) is 5. The maximum absolute atomic E-state index is 12.8. The van der Waals surface area contributed by atoms with Crippen molar-refractivity contribution in [3.05, 3.63) is 76.7 Å². The topological polar surface area (TPSA) is 84.8 Å². The maximum atomic E-state index is 12.8. The summed E-state index contributed by atoms with van der Waals surface area (Å²) in [5.41, 5.74) is 3.36. The van der Waals surface area contributed by atoms with Crippen molar-refractivity contribution in [3.63, 3.8) is 0 Å². The van der Waals surface area contributed by atoms with Crippen LogP contribution in [0, 0.1) is 0 Å². The number of hydrogen-bond donors (Lipinski definition) is 1. The summed E-state index contributed by atoms with van der Waals surface area (Å²) >= 11 is 0. The van der Waals surface area contributed by atoms with Crippen LogP contribution >= 0.6 is 0 Å². The fraction of sp³-hybridized carbons (Fsp3) is 0.296. The third-order valence-electron chi connectivity index (χ3n) is 6.47. The minimum atomic E-state index is -0.148. The molecule has 0 amide bonds. The lowest BCUT2D eigenvalue weighted by atomic mass is 10.2. The van der Waals surface area contributed by atoms with E-state index in [9.17, 15) is 4.79 Å². The summed E-state index contributed by atoms with van der Waals surface area (Å²) in [5.74, 6) is 1.75. The van der Waals surface area contributed by atoms with Crippen LogP contribution in [0.3, 0.4) is 0 Å². The lowest BCUT2D eigenvalue weighted by Crippen LogP contribution is -2.44. The van der Waals surface area contributed by atoms with Crippen molar-refractivity contribution >= 4 is 28.4 Å². The molecule has 3 heterocycles. The Hall–Kier alpha value is -4.11. The first kappa shape index (κ1) is 23.6. The molecule has 2 aromatic heterocycles. The number of nitrogens with one attached hydrogen (secondary N) is 1. The second kappa shape index (κ2) is 10.2. The highest BCUT2D eigenvalue weighted by atomic mass is 16.5. The number of aromatic nitrogens is 3. The van der Waals surface area contributed by atoms with E-state index in [2.05, 4.69) is 39.3 Å². The highest BCUT2D eigenvalue weighted by Gasteiger charge is 2.14. The first-order chi connectivity index (χ1) is 17.5. The molecule has 0 unspecified atom stereocenters. The largest absolute Gasteiger partial charge is 0.497 e. The summed E-state index contributed by atoms with van der Waals surface area (Å²) in [6.07, 6.45) is 1.73. The van der Waals surface area contributed by atoms with Crippen LogP contribution in [0.1, 0.15) is 5.56 Å². The average Bonchev–Trinajstić information content (AvgIpc) is 2.91. The predicted molar refractivity (Wildman–Crippen MR) is 142 cm³/mol. The van der Waals surface area contributed by atoms with E-state index < -0.39 is 0 Å². The van der Waals surface area contributed by atoms with Gasteiger partial charge in [-0.1, -0.05) is 0 Å². The number of pyridine rings is 1. The van der Waals surface area contributed by atoms with Gasteiger partial charge in [0.15, 0.2) is 0 Å². The molecule has 1 fully saturated rings. The van der Waals surface area contributed by atoms with Crippen molar-refractivity contribution in [2.24, 2.45) is 0 Å². The van der Waals surface area contributed by atoms with Gasteiger partial charge in [0.1, 0.15) is 17.1 Å². The number of methoxy groups -OCH3 is 2. The van der Waals surface area contributed by atoms with Crippen LogP contribution in [0.15, 0.2) is 65.6 Å². The van der Waals surface area contributed by atoms with Crippen LogP contribution < -0.4 is 25.2 Å². The molecule has 9 nitrogen and oxygen atoms in total. The van der Waals surface area contributed by atoms with Gasteiger partial charge in [0, 0.05) is 61.3 Å². The third-order valence-corrected chi connectivity index (χ3v) is 6.47. The predicted octanol–water partition coefficient (Wildman–Crippen LogP) is 3.35. The molecule has 2 aromatic carbocycles. The van der Waals surface area contributed by atoms with Gasteiger partial charge in [-0.05, 0) is 55.1 Å². The first-order valence-electron chi connectivity index (χ1n) is 11.9. The number of piperazine rings is 1. The van der Waals surface area contributed by atoms with Gasteiger partial charge in [-0.25, -0.2) is 4.98 Å². The minimum absolute atomic E-state index is 0.148. The number of likely N-dealkylation sites (N-methyl/N-ethyl adjacent to an activating group) is 1. The SMILES string of the molecule is COc1cc(Cn2c(=O)ccc3cnc(Nc4ccc(N5CCN(C)CC5)cc4)nc32)cc(OC)c1. The quantitative estimate of drug-likeness (QED) is 0.426. The zero-order valence-electron chi connectivity index (χ0n) is 20.8. The number of rotatable bonds is 7. The van der Waals surface area contributed by atoms with Crippen molar-refractivity contribution in [1.29, 1.82) is 0 Å². The van der Waals surface area contributed by atoms with Crippen molar-refractivity contribution in [1.82, 2.24) is 19.4 Å². The molecule has 1 aliphatic heterocycles. The zero-order chi connectivity index (χ0) is 25.1. The standard InChI is InChI=1S/C27H30N6O3/c1-31-10-12-32(13-11-31)22-7-5-21(6-8-22)29-27-28-17-20-4-9-25(34)33(26(20)30-27)18-19-14-23(35-2)16-24(15-19)36-3/h4-9,14-17H,10-13,18H2,1-3H3,(H,28,29,30). The summed E-state index contributed by atoms with van der Waals surface area (Å²) in [6.45, 7) is 4.49. The fourth-order valence-corrected chi connectivity index (χ4v) is 4.37. The van der Waals surface area contributed by atoms with Gasteiger partial charge in [0.25, 0.3) is 5.56 Å². The monoisotopic (exact) mass is 486 g/mol. The third kappa shape index (κ3) is 5.11. The van der Waals surface area contributed by atoms with Crippen LogP contribution in [0.2, 0.25) is 0 Å². The normalized spacial score (nSPS) is 14.1. The maximum Gasteiger partial charge on any atom is 0.252 e. The van der Waals surface area contributed by atoms with Crippen molar-refractivity contribution in [2.45, 2.75) is 6.54 Å². The average molecular weight is 487 g/mol. The first-order valence-corrected chi connectivity index (χ1v) is 11.9. The Bertz CT molecular complexity index is 1390. The summed E-state index contributed by atoms with van der Waals surface area (Å²) in [5, 5.41) is 4.05. The van der Waals surface area contributed by atoms with Gasteiger partial charge in [-0.3, -0.25) is 9.36 Å². The van der Waals surface area contributed by atoms with Gasteiger partial charge in [-0.2, -0.15) is 4.98 Å². The molecule has 1 saturated heterocycles. The lowest BCUT2D eigenvalue weighted by molar-refractivity contribution is 0.313. The summed E-state index contributed by atoms with van der Waals surface area (Å²) in [4.78, 5) is 26.7. The Labute approximate surface area is 209 Å². The van der Waals surface area contributed by atoms with Crippen LogP contribution in [0.5, 0.6) is 11.5 Å². The molecule has 4 aromatic rings. The lowest BCUT2D eigenvalue weighted by Gasteiger charge is -2.34. The van der Waals surface area contributed by atoms with E-state index in [1.54, 1.807) is 37.1 Å². The summed E-state index contributed by atoms with van der Waals surface area (Å²) < 4.78 is 12.4. The summed E-state index contributed by atoms with van der Waals surface area (Å²) in [7, 11) is 5.36. The van der Waals surface area contributed by atoms with Gasteiger partial charge in [0.05, 0.1) is 20.8 Å². The van der Waals surface area contributed by atoms with E-state index in [4.69, 9.17) is 14.5 Å². The Morgan fingerprint density at radius 2 is 1.61 bits per heavy atom. The molecule has 186 valence electrons. The smallest absolute Gasteiger partial charge is 0.252 e. The Balaban J connectivity index is 1.40. The number of anilines is 3. The fourth-order valence-electron chi connectivity index (χ4n) is 4.37. The van der Waals surface area contributed by atoms with Crippen LogP contribution in [0.25, 0.3) is 11.0 Å². The number of hydrogen-bond acceptors (Lipinski definition) is 8. The molecule has 0 aliphatic carbocycles. The van der Waals surface area contributed by atoms with Crippen LogP contribution in [0.4, 0.5) is 17.3 Å². The van der Waals surface area contributed by atoms with Gasteiger partial charge in [0.2, 0.25) is 5.95 Å². The van der Waals surface area contributed by atoms with E-state index in [1.165, 1.54) is 11.8 Å². The second-order valence-corrected chi connectivity index (χ2v) is 8.91. The highest BCUT2D eigenvalue weighted by Crippen LogP contribution is 2.24. The molecular formula is C27H30N6O3. The van der Waals surface area contributed by atoms with E-state index >= 15 is 0 Å². The van der Waals surface area contributed by atoms with Gasteiger partial charge >= 0.3 is 0 Å². The molecule has 0 spiro atoms. The minimum Gasteiger partial charge on any atom is -0.497 e. The molecule has 5 rings (SSSR count). The van der Waals surface area contributed by atoms with Crippen LogP contribution in [-0.2, 0) is 6.54 Å². The number of ether oxygens (including phenoxy) is 2. The molecule has 0 atom stereocenters. The Morgan fingerprint density at radius 1 is 0.917 bits per heavy atom. The van der Waals surface area contributed by atoms with E-state index in [0.29, 0.717) is 29.6 Å². The van der Waals surface area contributed by atoms with Crippen molar-refractivity contribution in [3.8, 4) is 11.5 Å². The van der Waals surface area contributed by atoms with E-state index in [0.717, 1.165) is 42.8 Å².